The molecule has 3 aromatic rings. The number of hydrogen-bond acceptors (Lipinski definition) is 8. The molecule has 178 valence electrons. The summed E-state index contributed by atoms with van der Waals surface area (Å²) in [5, 5.41) is 0.838. The van der Waals surface area contributed by atoms with E-state index in [1.807, 2.05) is 18.2 Å². The third-order valence-corrected chi connectivity index (χ3v) is 5.55. The van der Waals surface area contributed by atoms with Gasteiger partial charge in [0.1, 0.15) is 5.58 Å². The van der Waals surface area contributed by atoms with Crippen LogP contribution in [-0.2, 0) is 14.3 Å². The number of ether oxygens (including phenoxy) is 4. The molecule has 1 aliphatic rings. The minimum absolute atomic E-state index is 0.159. The summed E-state index contributed by atoms with van der Waals surface area (Å²) in [6.45, 7) is 3.22. The predicted octanol–water partition coefficient (Wildman–Crippen LogP) is 3.03. The molecule has 9 nitrogen and oxygen atoms in total. The Bertz CT molecular complexity index is 1210. The molecule has 0 radical (unpaired) electrons. The van der Waals surface area contributed by atoms with Crippen molar-refractivity contribution in [1.29, 1.82) is 0 Å². The van der Waals surface area contributed by atoms with Gasteiger partial charge in [0, 0.05) is 24.0 Å². The van der Waals surface area contributed by atoms with Gasteiger partial charge in [-0.3, -0.25) is 9.59 Å². The summed E-state index contributed by atoms with van der Waals surface area (Å²) in [6.07, 6.45) is 0. The molecule has 2 heterocycles. The maximum Gasteiger partial charge on any atom is 0.338 e. The van der Waals surface area contributed by atoms with E-state index in [0.29, 0.717) is 43.2 Å². The molecule has 1 aromatic heterocycles. The summed E-state index contributed by atoms with van der Waals surface area (Å²) in [6, 6.07) is 11.8. The number of hydrogen-bond donors (Lipinski definition) is 0. The summed E-state index contributed by atoms with van der Waals surface area (Å²) in [7, 11) is 1.43. The highest BCUT2D eigenvalue weighted by atomic mass is 16.5. The number of benzene rings is 2. The third-order valence-electron chi connectivity index (χ3n) is 5.55. The lowest BCUT2D eigenvalue weighted by atomic mass is 10.1. The van der Waals surface area contributed by atoms with Crippen molar-refractivity contribution in [2.75, 3.05) is 46.6 Å². The molecule has 1 saturated heterocycles. The molecule has 0 atom stereocenters. The lowest BCUT2D eigenvalue weighted by Gasteiger charge is -2.26. The summed E-state index contributed by atoms with van der Waals surface area (Å²) < 4.78 is 27.0. The molecular weight excluding hydrogens is 442 g/mol. The highest BCUT2D eigenvalue weighted by Gasteiger charge is 2.21. The number of methoxy groups -OCH3 is 1. The van der Waals surface area contributed by atoms with E-state index in [4.69, 9.17) is 23.4 Å². The Morgan fingerprint density at radius 1 is 1.00 bits per heavy atom. The Labute approximate surface area is 196 Å². The minimum atomic E-state index is -0.698. The van der Waals surface area contributed by atoms with Gasteiger partial charge in [-0.15, -0.1) is 0 Å². The van der Waals surface area contributed by atoms with Gasteiger partial charge in [0.25, 0.3) is 5.91 Å². The normalized spacial score (nSPS) is 13.5. The van der Waals surface area contributed by atoms with Crippen molar-refractivity contribution in [3.05, 3.63) is 59.4 Å². The molecule has 2 aromatic carbocycles. The van der Waals surface area contributed by atoms with Crippen molar-refractivity contribution in [1.82, 2.24) is 4.90 Å². The van der Waals surface area contributed by atoms with Crippen molar-refractivity contribution < 1.29 is 37.7 Å². The summed E-state index contributed by atoms with van der Waals surface area (Å²) in [5.74, 6) is -0.543. The first-order chi connectivity index (χ1) is 16.5. The molecule has 9 heteroatoms. The second-order valence-electron chi connectivity index (χ2n) is 7.70. The van der Waals surface area contributed by atoms with Crippen LogP contribution in [0.4, 0.5) is 0 Å². The lowest BCUT2D eigenvalue weighted by Crippen LogP contribution is -2.43. The standard InChI is InChI=1S/C25H25NO8/c1-16-18-5-3-4-6-20(18)34-24(16)19(27)14-33-25(29)17-7-8-21(22(13-17)30-2)32-15-23(28)26-9-11-31-12-10-26/h3-8,13H,9-12,14-15H2,1-2H3. The number of esters is 1. The number of fused-ring (bicyclic) bond motifs is 1. The molecule has 0 saturated carbocycles. The van der Waals surface area contributed by atoms with Gasteiger partial charge in [-0.2, -0.15) is 0 Å². The van der Waals surface area contributed by atoms with Crippen LogP contribution in [0.15, 0.2) is 46.9 Å². The number of rotatable bonds is 8. The number of para-hydroxylation sites is 1. The Balaban J connectivity index is 1.36. The first-order valence-electron chi connectivity index (χ1n) is 10.8. The maximum atomic E-state index is 12.6. The van der Waals surface area contributed by atoms with Gasteiger partial charge >= 0.3 is 5.97 Å². The van der Waals surface area contributed by atoms with Gasteiger partial charge in [-0.25, -0.2) is 4.79 Å². The number of carbonyl (C=O) groups is 3. The molecule has 0 bridgehead atoms. The average molecular weight is 467 g/mol. The quantitative estimate of drug-likeness (QED) is 0.368. The van der Waals surface area contributed by atoms with Crippen molar-refractivity contribution in [3.8, 4) is 11.5 Å². The minimum Gasteiger partial charge on any atom is -0.493 e. The largest absolute Gasteiger partial charge is 0.493 e. The van der Waals surface area contributed by atoms with Crippen LogP contribution >= 0.6 is 0 Å². The van der Waals surface area contributed by atoms with Crippen molar-refractivity contribution in [3.63, 3.8) is 0 Å². The highest BCUT2D eigenvalue weighted by molar-refractivity contribution is 6.02. The second-order valence-corrected chi connectivity index (χ2v) is 7.70. The molecule has 0 unspecified atom stereocenters. The number of amides is 1. The zero-order chi connectivity index (χ0) is 24.1. The van der Waals surface area contributed by atoms with Crippen LogP contribution in [0, 0.1) is 6.92 Å². The predicted molar refractivity (Wildman–Crippen MR) is 121 cm³/mol. The van der Waals surface area contributed by atoms with Gasteiger partial charge in [0.05, 0.1) is 25.9 Å². The van der Waals surface area contributed by atoms with Crippen molar-refractivity contribution in [2.24, 2.45) is 0 Å². The molecule has 34 heavy (non-hydrogen) atoms. The summed E-state index contributed by atoms with van der Waals surface area (Å²) in [5.41, 5.74) is 1.48. The molecule has 1 fully saturated rings. The molecule has 0 aliphatic carbocycles. The molecule has 4 rings (SSSR count). The van der Waals surface area contributed by atoms with Crippen LogP contribution < -0.4 is 9.47 Å². The number of aryl methyl sites for hydroxylation is 1. The highest BCUT2D eigenvalue weighted by Crippen LogP contribution is 2.29. The number of carbonyl (C=O) groups excluding carboxylic acids is 3. The maximum absolute atomic E-state index is 12.6. The Morgan fingerprint density at radius 2 is 1.76 bits per heavy atom. The molecular formula is C25H25NO8. The number of nitrogens with zero attached hydrogens (tertiary/aromatic N) is 1. The van der Waals surface area contributed by atoms with Crippen molar-refractivity contribution >= 4 is 28.6 Å². The number of ketones is 1. The topological polar surface area (TPSA) is 105 Å². The molecule has 1 amide bonds. The number of morpholine rings is 1. The van der Waals surface area contributed by atoms with Gasteiger partial charge in [-0.1, -0.05) is 18.2 Å². The SMILES string of the molecule is COc1cc(C(=O)OCC(=O)c2oc3ccccc3c2C)ccc1OCC(=O)N1CCOCC1. The van der Waals surface area contributed by atoms with E-state index in [2.05, 4.69) is 0 Å². The first kappa shape index (κ1) is 23.3. The van der Waals surface area contributed by atoms with Gasteiger partial charge in [0.15, 0.2) is 30.5 Å². The van der Waals surface area contributed by atoms with Crippen LogP contribution in [0.5, 0.6) is 11.5 Å². The van der Waals surface area contributed by atoms with E-state index in [-0.39, 0.29) is 29.6 Å². The van der Waals surface area contributed by atoms with Gasteiger partial charge in [0.2, 0.25) is 5.78 Å². The van der Waals surface area contributed by atoms with E-state index in [1.165, 1.54) is 25.3 Å². The van der Waals surface area contributed by atoms with Crippen LogP contribution in [-0.4, -0.2) is 69.2 Å². The molecule has 0 N–H and O–H groups in total. The van der Waals surface area contributed by atoms with Gasteiger partial charge < -0.3 is 28.3 Å². The third kappa shape index (κ3) is 5.04. The Hall–Kier alpha value is -3.85. The van der Waals surface area contributed by atoms with Crippen molar-refractivity contribution in [2.45, 2.75) is 6.92 Å². The zero-order valence-corrected chi connectivity index (χ0v) is 19.0. The summed E-state index contributed by atoms with van der Waals surface area (Å²) in [4.78, 5) is 39.0. The van der Waals surface area contributed by atoms with E-state index in [1.54, 1.807) is 17.9 Å². The average Bonchev–Trinajstić information content (AvgIpc) is 3.22. The fraction of sp³-hybridized carbons (Fsp3) is 0.320. The van der Waals surface area contributed by atoms with Crippen LogP contribution in [0.3, 0.4) is 0 Å². The van der Waals surface area contributed by atoms with Crippen LogP contribution in [0.2, 0.25) is 0 Å². The smallest absolute Gasteiger partial charge is 0.338 e. The first-order valence-corrected chi connectivity index (χ1v) is 10.8. The molecule has 0 spiro atoms. The van der Waals surface area contributed by atoms with Gasteiger partial charge in [-0.05, 0) is 31.2 Å². The van der Waals surface area contributed by atoms with Crippen LogP contribution in [0.1, 0.15) is 26.5 Å². The monoisotopic (exact) mass is 467 g/mol. The number of furan rings is 1. The van der Waals surface area contributed by atoms with E-state index < -0.39 is 18.4 Å². The summed E-state index contributed by atoms with van der Waals surface area (Å²) >= 11 is 0. The van der Waals surface area contributed by atoms with E-state index >= 15 is 0 Å². The Morgan fingerprint density at radius 3 is 2.50 bits per heavy atom. The fourth-order valence-electron chi connectivity index (χ4n) is 3.68. The van der Waals surface area contributed by atoms with E-state index in [0.717, 1.165) is 5.39 Å². The lowest BCUT2D eigenvalue weighted by molar-refractivity contribution is -0.137. The van der Waals surface area contributed by atoms with Crippen LogP contribution in [0.25, 0.3) is 11.0 Å². The molecule has 1 aliphatic heterocycles. The Kier molecular flexibility index (Phi) is 7.12. The fourth-order valence-corrected chi connectivity index (χ4v) is 3.68. The zero-order valence-electron chi connectivity index (χ0n) is 19.0. The van der Waals surface area contributed by atoms with E-state index in [9.17, 15) is 14.4 Å². The number of Topliss-reactive ketones (excluding diaryl/α,β-unsaturated/α-hetero) is 1. The second kappa shape index (κ2) is 10.4.